The normalized spacial score (nSPS) is 39.7. The maximum absolute atomic E-state index is 12.2. The Bertz CT molecular complexity index is 1100. The van der Waals surface area contributed by atoms with Gasteiger partial charge >= 0.3 is 11.9 Å². The van der Waals surface area contributed by atoms with Crippen molar-refractivity contribution in [2.24, 2.45) is 5.92 Å². The van der Waals surface area contributed by atoms with Crippen LogP contribution in [0.3, 0.4) is 0 Å². The topological polar surface area (TPSA) is 202 Å². The average Bonchev–Trinajstić information content (AvgIpc) is 3.07. The van der Waals surface area contributed by atoms with Crippen LogP contribution in [0, 0.1) is 5.92 Å². The molecule has 1 saturated carbocycles. The molecule has 0 amide bonds. The van der Waals surface area contributed by atoms with Gasteiger partial charge in [0.15, 0.2) is 6.29 Å². The summed E-state index contributed by atoms with van der Waals surface area (Å²) in [5.41, 5.74) is -2.74. The standard InChI is InChI=1S/C26H32O13/c1-13(27)39-25(2)11-17(29)26(34)9-10-35-24(22(25)26)38-23-21(33)20(32)19(31)16(37-23)12-36-18(30)8-5-14-3-6-15(28)7-4-14/h3-10,16-17,19-24,28-29,31-34H,11-12H2,1-2H3. The van der Waals surface area contributed by atoms with Gasteiger partial charge in [0.25, 0.3) is 0 Å². The third-order valence-corrected chi connectivity index (χ3v) is 7.12. The second kappa shape index (κ2) is 11.2. The molecular weight excluding hydrogens is 520 g/mol. The van der Waals surface area contributed by atoms with E-state index in [1.54, 1.807) is 12.1 Å². The van der Waals surface area contributed by atoms with Gasteiger partial charge in [0.1, 0.15) is 48.0 Å². The number of phenols is 1. The van der Waals surface area contributed by atoms with Crippen LogP contribution in [-0.4, -0.2) is 103 Å². The van der Waals surface area contributed by atoms with E-state index in [4.69, 9.17) is 23.7 Å². The van der Waals surface area contributed by atoms with Crippen molar-refractivity contribution in [2.75, 3.05) is 6.61 Å². The molecule has 4 rings (SSSR count). The molecule has 1 aliphatic carbocycles. The summed E-state index contributed by atoms with van der Waals surface area (Å²) in [6.45, 7) is 2.14. The molecular formula is C26H32O13. The molecule has 1 saturated heterocycles. The zero-order valence-corrected chi connectivity index (χ0v) is 21.2. The van der Waals surface area contributed by atoms with Crippen LogP contribution in [0.25, 0.3) is 6.08 Å². The molecule has 2 aliphatic heterocycles. The Hall–Kier alpha value is -3.04. The molecule has 10 atom stereocenters. The number of fused-ring (bicyclic) bond motifs is 1. The highest BCUT2D eigenvalue weighted by Crippen LogP contribution is 2.51. The Morgan fingerprint density at radius 1 is 1.08 bits per heavy atom. The summed E-state index contributed by atoms with van der Waals surface area (Å²) in [4.78, 5) is 23.9. The highest BCUT2D eigenvalue weighted by Gasteiger charge is 2.66. The molecule has 1 aromatic carbocycles. The zero-order chi connectivity index (χ0) is 28.5. The van der Waals surface area contributed by atoms with Gasteiger partial charge in [-0.2, -0.15) is 0 Å². The van der Waals surface area contributed by atoms with E-state index >= 15 is 0 Å². The van der Waals surface area contributed by atoms with Crippen molar-refractivity contribution in [1.29, 1.82) is 0 Å². The second-order valence-corrected chi connectivity index (χ2v) is 10.0. The molecule has 3 aliphatic rings. The fourth-order valence-corrected chi connectivity index (χ4v) is 5.20. The first kappa shape index (κ1) is 29.0. The lowest BCUT2D eigenvalue weighted by atomic mass is 9.81. The number of esters is 2. The Kier molecular flexibility index (Phi) is 8.33. The molecule has 0 spiro atoms. The number of aliphatic hydroxyl groups is 5. The van der Waals surface area contributed by atoms with Crippen molar-refractivity contribution < 1.29 is 63.9 Å². The van der Waals surface area contributed by atoms with Crippen molar-refractivity contribution in [3.8, 4) is 5.75 Å². The van der Waals surface area contributed by atoms with E-state index in [1.807, 2.05) is 0 Å². The summed E-state index contributed by atoms with van der Waals surface area (Å²) in [6, 6.07) is 6.04. The van der Waals surface area contributed by atoms with Gasteiger partial charge in [-0.1, -0.05) is 12.1 Å². The molecule has 6 N–H and O–H groups in total. The van der Waals surface area contributed by atoms with Crippen molar-refractivity contribution in [3.05, 3.63) is 48.2 Å². The SMILES string of the molecule is CC(=O)OC1(C)CC(O)C2(O)C=COC(OC3OC(COC(=O)C=Cc4ccc(O)cc4)C(O)C(O)C3O)C12. The smallest absolute Gasteiger partial charge is 0.330 e. The van der Waals surface area contributed by atoms with Gasteiger partial charge in [0, 0.05) is 19.4 Å². The van der Waals surface area contributed by atoms with Gasteiger partial charge < -0.3 is 54.3 Å². The van der Waals surface area contributed by atoms with Gasteiger partial charge in [-0.3, -0.25) is 4.79 Å². The van der Waals surface area contributed by atoms with Crippen molar-refractivity contribution in [1.82, 2.24) is 0 Å². The lowest BCUT2D eigenvalue weighted by Gasteiger charge is -2.46. The maximum Gasteiger partial charge on any atom is 0.330 e. The van der Waals surface area contributed by atoms with E-state index in [1.165, 1.54) is 38.1 Å². The number of carbonyl (C=O) groups is 2. The fraction of sp³-hybridized carbons (Fsp3) is 0.538. The summed E-state index contributed by atoms with van der Waals surface area (Å²) >= 11 is 0. The molecule has 13 nitrogen and oxygen atoms in total. The minimum atomic E-state index is -1.91. The van der Waals surface area contributed by atoms with Crippen LogP contribution in [0.5, 0.6) is 5.75 Å². The number of aromatic hydroxyl groups is 1. The molecule has 0 bridgehead atoms. The van der Waals surface area contributed by atoms with E-state index < -0.39 is 78.8 Å². The van der Waals surface area contributed by atoms with E-state index in [2.05, 4.69) is 0 Å². The van der Waals surface area contributed by atoms with Crippen LogP contribution < -0.4 is 0 Å². The Morgan fingerprint density at radius 2 is 1.77 bits per heavy atom. The highest BCUT2D eigenvalue weighted by molar-refractivity contribution is 5.87. The first-order chi connectivity index (χ1) is 18.3. The largest absolute Gasteiger partial charge is 0.508 e. The minimum Gasteiger partial charge on any atom is -0.508 e. The van der Waals surface area contributed by atoms with Gasteiger partial charge in [-0.25, -0.2) is 4.79 Å². The zero-order valence-electron chi connectivity index (χ0n) is 21.2. The number of aliphatic hydroxyl groups excluding tert-OH is 4. The van der Waals surface area contributed by atoms with Crippen LogP contribution in [0.2, 0.25) is 0 Å². The van der Waals surface area contributed by atoms with Crippen LogP contribution in [0.15, 0.2) is 42.7 Å². The summed E-state index contributed by atoms with van der Waals surface area (Å²) in [6.07, 6.45) is -6.24. The quantitative estimate of drug-likeness (QED) is 0.179. The van der Waals surface area contributed by atoms with E-state index in [9.17, 15) is 40.2 Å². The Morgan fingerprint density at radius 3 is 2.44 bits per heavy atom. The summed E-state index contributed by atoms with van der Waals surface area (Å²) in [7, 11) is 0. The maximum atomic E-state index is 12.2. The predicted octanol–water partition coefficient (Wildman–Crippen LogP) is -0.924. The minimum absolute atomic E-state index is 0.0649. The third-order valence-electron chi connectivity index (χ3n) is 7.12. The number of carbonyl (C=O) groups excluding carboxylic acids is 2. The monoisotopic (exact) mass is 552 g/mol. The number of ether oxygens (including phenoxy) is 5. The molecule has 2 fully saturated rings. The first-order valence-electron chi connectivity index (χ1n) is 12.3. The summed E-state index contributed by atoms with van der Waals surface area (Å²) in [5, 5.41) is 62.4. The van der Waals surface area contributed by atoms with Crippen molar-refractivity contribution in [2.45, 2.75) is 74.6 Å². The highest BCUT2D eigenvalue weighted by atomic mass is 16.8. The molecule has 0 radical (unpaired) electrons. The molecule has 214 valence electrons. The Balaban J connectivity index is 1.44. The van der Waals surface area contributed by atoms with Gasteiger partial charge in [0.05, 0.1) is 18.3 Å². The van der Waals surface area contributed by atoms with Crippen molar-refractivity contribution >= 4 is 18.0 Å². The molecule has 39 heavy (non-hydrogen) atoms. The third kappa shape index (κ3) is 5.94. The van der Waals surface area contributed by atoms with Crippen LogP contribution in [-0.2, 0) is 33.3 Å². The molecule has 0 aromatic heterocycles. The van der Waals surface area contributed by atoms with Gasteiger partial charge in [0.2, 0.25) is 6.29 Å². The number of rotatable bonds is 7. The van der Waals surface area contributed by atoms with E-state index in [0.717, 1.165) is 12.3 Å². The molecule has 2 heterocycles. The summed E-state index contributed by atoms with van der Waals surface area (Å²) in [5.74, 6) is -2.57. The van der Waals surface area contributed by atoms with E-state index in [0.29, 0.717) is 5.56 Å². The van der Waals surface area contributed by atoms with Gasteiger partial charge in [-0.15, -0.1) is 0 Å². The van der Waals surface area contributed by atoms with Crippen LogP contribution >= 0.6 is 0 Å². The number of hydrogen-bond acceptors (Lipinski definition) is 13. The molecule has 10 unspecified atom stereocenters. The molecule has 13 heteroatoms. The van der Waals surface area contributed by atoms with Crippen molar-refractivity contribution in [3.63, 3.8) is 0 Å². The lowest BCUT2D eigenvalue weighted by molar-refractivity contribution is -0.351. The van der Waals surface area contributed by atoms with Gasteiger partial charge in [-0.05, 0) is 36.8 Å². The number of phenolic OH excluding ortho intramolecular Hbond substituents is 1. The van der Waals surface area contributed by atoms with Crippen LogP contribution in [0.1, 0.15) is 25.8 Å². The lowest BCUT2D eigenvalue weighted by Crippen LogP contribution is -2.62. The predicted molar refractivity (Wildman–Crippen MR) is 129 cm³/mol. The summed E-state index contributed by atoms with van der Waals surface area (Å²) < 4.78 is 27.4. The second-order valence-electron chi connectivity index (χ2n) is 10.0. The Labute approximate surface area is 223 Å². The average molecular weight is 553 g/mol. The number of hydrogen-bond donors (Lipinski definition) is 6. The van der Waals surface area contributed by atoms with E-state index in [-0.39, 0.29) is 12.2 Å². The van der Waals surface area contributed by atoms with Crippen LogP contribution in [0.4, 0.5) is 0 Å². The first-order valence-corrected chi connectivity index (χ1v) is 12.3. The fourth-order valence-electron chi connectivity index (χ4n) is 5.20. The number of benzene rings is 1. The molecule has 1 aromatic rings.